The summed E-state index contributed by atoms with van der Waals surface area (Å²) in [4.78, 5) is 17.5. The van der Waals surface area contributed by atoms with Gasteiger partial charge in [-0.3, -0.25) is 14.5 Å². The highest BCUT2D eigenvalue weighted by Crippen LogP contribution is 2.47. The first-order valence-corrected chi connectivity index (χ1v) is 21.4. The number of aromatic amines is 1. The third-order valence-corrected chi connectivity index (χ3v) is 10.5. The fourth-order valence-electron chi connectivity index (χ4n) is 6.37. The quantitative estimate of drug-likeness (QED) is 0.0197. The Morgan fingerprint density at radius 2 is 1.78 bits per heavy atom. The van der Waals surface area contributed by atoms with Crippen molar-refractivity contribution in [2.75, 3.05) is 26.4 Å². The van der Waals surface area contributed by atoms with Crippen molar-refractivity contribution in [1.82, 2.24) is 4.98 Å². The van der Waals surface area contributed by atoms with Gasteiger partial charge in [0, 0.05) is 12.3 Å². The summed E-state index contributed by atoms with van der Waals surface area (Å²) in [5, 5.41) is 16.3. The van der Waals surface area contributed by atoms with Crippen LogP contribution in [0, 0.1) is 22.6 Å². The van der Waals surface area contributed by atoms with E-state index < -0.39 is 25.3 Å². The number of aromatic nitrogens is 1. The second kappa shape index (κ2) is 25.9. The summed E-state index contributed by atoms with van der Waals surface area (Å²) in [6.07, 6.45) is 22.6. The summed E-state index contributed by atoms with van der Waals surface area (Å²) < 4.78 is 55.7. The van der Waals surface area contributed by atoms with E-state index in [1.807, 2.05) is 12.1 Å². The second-order valence-electron chi connectivity index (χ2n) is 14.5. The number of nitrogens with zero attached hydrogens (tertiary/aromatic N) is 2. The minimum absolute atomic E-state index is 0.0543. The van der Waals surface area contributed by atoms with Gasteiger partial charge in [0.05, 0.1) is 55.5 Å². The lowest BCUT2D eigenvalue weighted by molar-refractivity contribution is -0.0706. The molecule has 12 nitrogen and oxygen atoms in total. The molecule has 0 amide bonds. The van der Waals surface area contributed by atoms with Crippen molar-refractivity contribution in [3.63, 3.8) is 0 Å². The monoisotopic (exact) mass is 787 g/mol. The average molecular weight is 788 g/mol. The number of unbranched alkanes of at least 4 members (excludes halogenated alkanes) is 12. The van der Waals surface area contributed by atoms with Gasteiger partial charge < -0.3 is 29.8 Å². The largest absolute Gasteiger partial charge is 0.472 e. The summed E-state index contributed by atoms with van der Waals surface area (Å²) in [6.45, 7) is 4.06. The molecule has 1 fully saturated rings. The van der Waals surface area contributed by atoms with Crippen LogP contribution in [0.4, 0.5) is 4.39 Å². The smallest absolute Gasteiger partial charge is 0.382 e. The zero-order chi connectivity index (χ0) is 39.8. The Balaban J connectivity index is 1.38. The number of halogens is 1. The molecule has 1 unspecified atom stereocenters. The molecular formula is C41H63FN5O7P. The van der Waals surface area contributed by atoms with Gasteiger partial charge in [0.2, 0.25) is 0 Å². The van der Waals surface area contributed by atoms with E-state index in [1.165, 1.54) is 76.3 Å². The van der Waals surface area contributed by atoms with Gasteiger partial charge in [-0.05, 0) is 87.8 Å². The molecular weight excluding hydrogens is 724 g/mol. The molecule has 1 aromatic heterocycles. The van der Waals surface area contributed by atoms with Crippen LogP contribution in [-0.4, -0.2) is 60.2 Å². The standard InChI is InChI=1S/C41H63FN5O7P/c1-3-4-5-6-7-8-9-10-11-12-13-14-15-16-17-18-23-50-29-36(51-28-34-24-33(27-43)25-35(42)26-34)30-52-55(48,49)53-31-41(2)22-21-39(54-41)37-19-20-38(47-37)40(45)46-32-44/h10-11,19-20,24-26,32,36,39,47H,3-9,12-18,21-23,28-31H2,1-2H3,(H,48,49)(H3,44,45,46)/b11-10+/t36-,39-,41+/m1/s1. The Kier molecular flexibility index (Phi) is 21.7. The summed E-state index contributed by atoms with van der Waals surface area (Å²) in [7, 11) is -4.53. The molecule has 2 heterocycles. The van der Waals surface area contributed by atoms with Crippen LogP contribution in [-0.2, 0) is 34.4 Å². The minimum Gasteiger partial charge on any atom is -0.382 e. The van der Waals surface area contributed by atoms with E-state index in [0.717, 1.165) is 43.8 Å². The van der Waals surface area contributed by atoms with Gasteiger partial charge in [0.25, 0.3) is 0 Å². The Labute approximate surface area is 327 Å². The zero-order valence-electron chi connectivity index (χ0n) is 32.8. The number of amidine groups is 1. The number of aliphatic imine (C=N–C) groups is 1. The molecule has 4 atom stereocenters. The van der Waals surface area contributed by atoms with Gasteiger partial charge in [0.15, 0.2) is 0 Å². The highest BCUT2D eigenvalue weighted by molar-refractivity contribution is 7.47. The summed E-state index contributed by atoms with van der Waals surface area (Å²) >= 11 is 0. The van der Waals surface area contributed by atoms with Gasteiger partial charge in [0.1, 0.15) is 24.1 Å². The van der Waals surface area contributed by atoms with Crippen LogP contribution in [0.15, 0.2) is 47.5 Å². The fraction of sp³-hybridized carbons (Fsp3) is 0.634. The maximum Gasteiger partial charge on any atom is 0.472 e. The van der Waals surface area contributed by atoms with E-state index >= 15 is 0 Å². The maximum atomic E-state index is 14.0. The highest BCUT2D eigenvalue weighted by Gasteiger charge is 2.40. The first-order valence-electron chi connectivity index (χ1n) is 19.9. The first kappa shape index (κ1) is 46.2. The fourth-order valence-corrected chi connectivity index (χ4v) is 7.23. The predicted octanol–water partition coefficient (Wildman–Crippen LogP) is 9.72. The van der Waals surface area contributed by atoms with Crippen LogP contribution in [0.3, 0.4) is 0 Å². The molecule has 306 valence electrons. The molecule has 1 saturated heterocycles. The predicted molar refractivity (Wildman–Crippen MR) is 213 cm³/mol. The lowest BCUT2D eigenvalue weighted by Crippen LogP contribution is -2.30. The van der Waals surface area contributed by atoms with Crippen molar-refractivity contribution in [3.05, 3.63) is 70.8 Å². The Hall–Kier alpha value is -3.21. The maximum absolute atomic E-state index is 14.0. The minimum atomic E-state index is -4.53. The number of hydrogen-bond donors (Lipinski definition) is 4. The lowest BCUT2D eigenvalue weighted by Gasteiger charge is -2.26. The molecule has 0 saturated carbocycles. The molecule has 55 heavy (non-hydrogen) atoms. The van der Waals surface area contributed by atoms with Gasteiger partial charge in [-0.25, -0.2) is 13.9 Å². The Morgan fingerprint density at radius 3 is 2.47 bits per heavy atom. The zero-order valence-corrected chi connectivity index (χ0v) is 33.7. The molecule has 0 bridgehead atoms. The molecule has 0 spiro atoms. The van der Waals surface area contributed by atoms with Gasteiger partial charge >= 0.3 is 7.82 Å². The number of rotatable bonds is 30. The third kappa shape index (κ3) is 19.0. The van der Waals surface area contributed by atoms with Crippen molar-refractivity contribution < 1.29 is 37.1 Å². The normalized spacial score (nSPS) is 19.1. The van der Waals surface area contributed by atoms with E-state index in [-0.39, 0.29) is 43.9 Å². The molecule has 5 N–H and O–H groups in total. The number of allylic oxidation sites excluding steroid dienone is 2. The lowest BCUT2D eigenvalue weighted by atomic mass is 10.0. The first-order chi connectivity index (χ1) is 26.6. The van der Waals surface area contributed by atoms with Crippen LogP contribution in [0.25, 0.3) is 0 Å². The van der Waals surface area contributed by atoms with Crippen LogP contribution in [0.1, 0.15) is 145 Å². The third-order valence-electron chi connectivity index (χ3n) is 9.53. The van der Waals surface area contributed by atoms with Crippen molar-refractivity contribution in [2.24, 2.45) is 10.7 Å². The SMILES string of the molecule is CCCCCCCC/C=C/CCCCCCCCOC[C@H](COP(=O)(O)OC[C@]1(C)CC[C@H](c2ccc(/C(N)=N\C=N)[nH]2)O1)OCc1cc(F)cc(C#N)c1. The highest BCUT2D eigenvalue weighted by atomic mass is 31.2. The molecule has 3 rings (SSSR count). The number of nitriles is 1. The molecule has 1 aromatic carbocycles. The van der Waals surface area contributed by atoms with E-state index in [0.29, 0.717) is 30.7 Å². The van der Waals surface area contributed by atoms with Gasteiger partial charge in [-0.2, -0.15) is 5.26 Å². The topological polar surface area (TPSA) is 185 Å². The number of phosphoric ester groups is 1. The Bertz CT molecular complexity index is 1560. The number of ether oxygens (including phenoxy) is 3. The number of phosphoric acid groups is 1. The van der Waals surface area contributed by atoms with E-state index in [2.05, 4.69) is 29.1 Å². The number of hydrogen-bond acceptors (Lipinski definition) is 8. The number of benzene rings is 1. The van der Waals surface area contributed by atoms with E-state index in [9.17, 15) is 19.1 Å². The number of nitrogens with one attached hydrogen (secondary N) is 2. The molecule has 1 aliphatic heterocycles. The van der Waals surface area contributed by atoms with E-state index in [4.69, 9.17) is 34.4 Å². The Morgan fingerprint density at radius 1 is 1.09 bits per heavy atom. The van der Waals surface area contributed by atoms with Crippen molar-refractivity contribution in [3.8, 4) is 6.07 Å². The molecule has 0 radical (unpaired) electrons. The molecule has 1 aliphatic rings. The van der Waals surface area contributed by atoms with Gasteiger partial charge in [-0.15, -0.1) is 0 Å². The molecule has 14 heteroatoms. The summed E-state index contributed by atoms with van der Waals surface area (Å²) in [6, 6.07) is 9.44. The van der Waals surface area contributed by atoms with Crippen LogP contribution in [0.5, 0.6) is 0 Å². The summed E-state index contributed by atoms with van der Waals surface area (Å²) in [5.74, 6) is -0.380. The summed E-state index contributed by atoms with van der Waals surface area (Å²) in [5.41, 5.74) is 6.94. The average Bonchev–Trinajstić information content (AvgIpc) is 3.82. The number of nitrogens with two attached hydrogens (primary N) is 1. The van der Waals surface area contributed by atoms with Crippen molar-refractivity contribution in [1.29, 1.82) is 10.7 Å². The van der Waals surface area contributed by atoms with E-state index in [1.54, 1.807) is 13.0 Å². The second-order valence-corrected chi connectivity index (χ2v) is 16.0. The molecule has 2 aromatic rings. The molecule has 0 aliphatic carbocycles. The number of H-pyrrole nitrogens is 1. The van der Waals surface area contributed by atoms with Crippen LogP contribution in [0.2, 0.25) is 0 Å². The van der Waals surface area contributed by atoms with Crippen molar-refractivity contribution >= 4 is 20.0 Å². The van der Waals surface area contributed by atoms with Gasteiger partial charge in [-0.1, -0.05) is 76.9 Å². The van der Waals surface area contributed by atoms with Crippen molar-refractivity contribution in [2.45, 2.75) is 141 Å². The van der Waals surface area contributed by atoms with Crippen LogP contribution >= 0.6 is 7.82 Å². The van der Waals surface area contributed by atoms with Crippen LogP contribution < -0.4 is 5.73 Å².